The van der Waals surface area contributed by atoms with Gasteiger partial charge in [0.05, 0.1) is 0 Å². The SMILES string of the molecule is CC(C)CCC1CCCN(C)C1. The van der Waals surface area contributed by atoms with Crippen LogP contribution in [0.2, 0.25) is 0 Å². The van der Waals surface area contributed by atoms with Crippen LogP contribution >= 0.6 is 0 Å². The first kappa shape index (κ1) is 10.0. The summed E-state index contributed by atoms with van der Waals surface area (Å²) in [6, 6.07) is 0. The van der Waals surface area contributed by atoms with Crippen LogP contribution in [0, 0.1) is 11.8 Å². The first-order valence-corrected chi connectivity index (χ1v) is 5.37. The molecule has 1 atom stereocenters. The quantitative estimate of drug-likeness (QED) is 0.628. The highest BCUT2D eigenvalue weighted by molar-refractivity contribution is 4.70. The maximum absolute atomic E-state index is 2.48. The van der Waals surface area contributed by atoms with Gasteiger partial charge >= 0.3 is 0 Å². The standard InChI is InChI=1S/C11H23N/c1-10(2)6-7-11-5-4-8-12(3)9-11/h10-11H,4-9H2,1-3H3. The molecule has 1 rings (SSSR count). The molecular formula is C11H23N. The molecule has 0 aromatic rings. The lowest BCUT2D eigenvalue weighted by atomic mass is 9.91. The van der Waals surface area contributed by atoms with Crippen molar-refractivity contribution in [2.24, 2.45) is 11.8 Å². The van der Waals surface area contributed by atoms with Crippen LogP contribution in [0.25, 0.3) is 0 Å². The van der Waals surface area contributed by atoms with E-state index in [1.54, 1.807) is 0 Å². The molecule has 0 saturated carbocycles. The van der Waals surface area contributed by atoms with Gasteiger partial charge in [0.25, 0.3) is 0 Å². The highest BCUT2D eigenvalue weighted by atomic mass is 15.1. The average Bonchev–Trinajstić information content (AvgIpc) is 2.01. The summed E-state index contributed by atoms with van der Waals surface area (Å²) in [5, 5.41) is 0. The highest BCUT2D eigenvalue weighted by Crippen LogP contribution is 2.21. The molecule has 1 heteroatoms. The van der Waals surface area contributed by atoms with E-state index >= 15 is 0 Å². The molecule has 1 nitrogen and oxygen atoms in total. The number of rotatable bonds is 3. The molecule has 0 aromatic carbocycles. The summed E-state index contributed by atoms with van der Waals surface area (Å²) >= 11 is 0. The Hall–Kier alpha value is -0.0400. The monoisotopic (exact) mass is 169 g/mol. The topological polar surface area (TPSA) is 3.24 Å². The van der Waals surface area contributed by atoms with Crippen LogP contribution in [0.3, 0.4) is 0 Å². The number of nitrogens with zero attached hydrogens (tertiary/aromatic N) is 1. The van der Waals surface area contributed by atoms with Crippen molar-refractivity contribution in [1.82, 2.24) is 4.90 Å². The van der Waals surface area contributed by atoms with Gasteiger partial charge in [-0.05, 0) is 44.7 Å². The van der Waals surface area contributed by atoms with E-state index in [1.807, 2.05) is 0 Å². The minimum absolute atomic E-state index is 0.886. The maximum Gasteiger partial charge on any atom is 0.000662 e. The third-order valence-electron chi connectivity index (χ3n) is 2.87. The molecule has 1 aliphatic rings. The number of hydrogen-bond donors (Lipinski definition) is 0. The molecule has 0 amide bonds. The molecule has 0 N–H and O–H groups in total. The van der Waals surface area contributed by atoms with E-state index < -0.39 is 0 Å². The van der Waals surface area contributed by atoms with Gasteiger partial charge in [-0.2, -0.15) is 0 Å². The number of piperidine rings is 1. The second kappa shape index (κ2) is 4.86. The summed E-state index contributed by atoms with van der Waals surface area (Å²) < 4.78 is 0. The number of likely N-dealkylation sites (tertiary alicyclic amines) is 1. The molecule has 0 radical (unpaired) electrons. The molecule has 1 aliphatic heterocycles. The number of hydrogen-bond acceptors (Lipinski definition) is 1. The van der Waals surface area contributed by atoms with Gasteiger partial charge in [-0.3, -0.25) is 0 Å². The molecule has 0 aromatic heterocycles. The van der Waals surface area contributed by atoms with Crippen LogP contribution in [0.4, 0.5) is 0 Å². The lowest BCUT2D eigenvalue weighted by molar-refractivity contribution is 0.196. The minimum atomic E-state index is 0.886. The fourth-order valence-electron chi connectivity index (χ4n) is 2.08. The molecule has 1 fully saturated rings. The molecule has 1 unspecified atom stereocenters. The van der Waals surface area contributed by atoms with Gasteiger partial charge in [0.2, 0.25) is 0 Å². The molecule has 72 valence electrons. The lowest BCUT2D eigenvalue weighted by Crippen LogP contribution is -2.32. The summed E-state index contributed by atoms with van der Waals surface area (Å²) in [6.45, 7) is 7.31. The largest absolute Gasteiger partial charge is 0.306 e. The summed E-state index contributed by atoms with van der Waals surface area (Å²) in [5.74, 6) is 1.88. The van der Waals surface area contributed by atoms with Crippen LogP contribution in [-0.2, 0) is 0 Å². The zero-order chi connectivity index (χ0) is 8.97. The van der Waals surface area contributed by atoms with Crippen molar-refractivity contribution in [2.45, 2.75) is 39.5 Å². The van der Waals surface area contributed by atoms with E-state index in [-0.39, 0.29) is 0 Å². The fourth-order valence-corrected chi connectivity index (χ4v) is 2.08. The van der Waals surface area contributed by atoms with Gasteiger partial charge in [0, 0.05) is 6.54 Å². The van der Waals surface area contributed by atoms with Gasteiger partial charge in [0.15, 0.2) is 0 Å². The highest BCUT2D eigenvalue weighted by Gasteiger charge is 2.16. The van der Waals surface area contributed by atoms with E-state index in [9.17, 15) is 0 Å². The van der Waals surface area contributed by atoms with Crippen LogP contribution in [0.1, 0.15) is 39.5 Å². The lowest BCUT2D eigenvalue weighted by Gasteiger charge is -2.29. The van der Waals surface area contributed by atoms with Crippen LogP contribution in [0.5, 0.6) is 0 Å². The van der Waals surface area contributed by atoms with Crippen molar-refractivity contribution < 1.29 is 0 Å². The first-order valence-electron chi connectivity index (χ1n) is 5.37. The van der Waals surface area contributed by atoms with Gasteiger partial charge in [-0.1, -0.05) is 20.3 Å². The van der Waals surface area contributed by atoms with E-state index in [1.165, 1.54) is 38.8 Å². The molecule has 12 heavy (non-hydrogen) atoms. The van der Waals surface area contributed by atoms with Crippen LogP contribution < -0.4 is 0 Å². The zero-order valence-corrected chi connectivity index (χ0v) is 8.84. The first-order chi connectivity index (χ1) is 5.68. The van der Waals surface area contributed by atoms with Gasteiger partial charge in [-0.25, -0.2) is 0 Å². The molecule has 0 aliphatic carbocycles. The minimum Gasteiger partial charge on any atom is -0.306 e. The molecule has 0 spiro atoms. The Morgan fingerprint density at radius 3 is 2.75 bits per heavy atom. The predicted molar refractivity (Wildman–Crippen MR) is 54.3 cm³/mol. The van der Waals surface area contributed by atoms with Crippen molar-refractivity contribution >= 4 is 0 Å². The van der Waals surface area contributed by atoms with Gasteiger partial charge in [0.1, 0.15) is 0 Å². The van der Waals surface area contributed by atoms with Crippen molar-refractivity contribution in [3.05, 3.63) is 0 Å². The summed E-state index contributed by atoms with van der Waals surface area (Å²) in [7, 11) is 2.25. The Kier molecular flexibility index (Phi) is 4.07. The second-order valence-corrected chi connectivity index (χ2v) is 4.74. The fraction of sp³-hybridized carbons (Fsp3) is 1.00. The Labute approximate surface area is 77.1 Å². The summed E-state index contributed by atoms with van der Waals surface area (Å²) in [5.41, 5.74) is 0. The Balaban J connectivity index is 2.14. The van der Waals surface area contributed by atoms with Crippen LogP contribution in [0.15, 0.2) is 0 Å². The molecule has 1 heterocycles. The van der Waals surface area contributed by atoms with Crippen molar-refractivity contribution in [3.8, 4) is 0 Å². The van der Waals surface area contributed by atoms with E-state index in [0.717, 1.165) is 11.8 Å². The average molecular weight is 169 g/mol. The molecule has 0 bridgehead atoms. The smallest absolute Gasteiger partial charge is 0.000662 e. The Bertz CT molecular complexity index is 120. The van der Waals surface area contributed by atoms with E-state index in [2.05, 4.69) is 25.8 Å². The molecule has 1 saturated heterocycles. The van der Waals surface area contributed by atoms with Crippen LogP contribution in [-0.4, -0.2) is 25.0 Å². The van der Waals surface area contributed by atoms with Crippen molar-refractivity contribution in [1.29, 1.82) is 0 Å². The van der Waals surface area contributed by atoms with Gasteiger partial charge < -0.3 is 4.90 Å². The van der Waals surface area contributed by atoms with Crippen molar-refractivity contribution in [3.63, 3.8) is 0 Å². The molecular weight excluding hydrogens is 146 g/mol. The normalized spacial score (nSPS) is 26.5. The zero-order valence-electron chi connectivity index (χ0n) is 8.84. The summed E-state index contributed by atoms with van der Waals surface area (Å²) in [6.07, 6.45) is 5.75. The Morgan fingerprint density at radius 2 is 2.17 bits per heavy atom. The van der Waals surface area contributed by atoms with Crippen molar-refractivity contribution in [2.75, 3.05) is 20.1 Å². The second-order valence-electron chi connectivity index (χ2n) is 4.74. The third kappa shape index (κ3) is 3.57. The van der Waals surface area contributed by atoms with Gasteiger partial charge in [-0.15, -0.1) is 0 Å². The maximum atomic E-state index is 2.48. The van der Waals surface area contributed by atoms with E-state index in [4.69, 9.17) is 0 Å². The summed E-state index contributed by atoms with van der Waals surface area (Å²) in [4.78, 5) is 2.48. The third-order valence-corrected chi connectivity index (χ3v) is 2.87. The van der Waals surface area contributed by atoms with E-state index in [0.29, 0.717) is 0 Å². The Morgan fingerprint density at radius 1 is 1.42 bits per heavy atom. The predicted octanol–water partition coefficient (Wildman–Crippen LogP) is 2.76.